The molecule has 14 heavy (non-hydrogen) atoms. The Morgan fingerprint density at radius 3 is 2.43 bits per heavy atom. The standard InChI is InChI=1S/C12H23NO/c1-6-8-11(13-9-7-2)12(14-5)10(3)4/h1,10-13H,7-9H2,2-5H3. The van der Waals surface area contributed by atoms with Gasteiger partial charge in [0.05, 0.1) is 6.10 Å². The first-order valence-corrected chi connectivity index (χ1v) is 5.37. The first-order chi connectivity index (χ1) is 6.67. The van der Waals surface area contributed by atoms with Gasteiger partial charge < -0.3 is 10.1 Å². The van der Waals surface area contributed by atoms with Crippen LogP contribution in [0.4, 0.5) is 0 Å². The van der Waals surface area contributed by atoms with Gasteiger partial charge in [-0.15, -0.1) is 12.3 Å². The fraction of sp³-hybridized carbons (Fsp3) is 0.833. The summed E-state index contributed by atoms with van der Waals surface area (Å²) in [6.07, 6.45) is 7.41. The number of terminal acetylenes is 1. The van der Waals surface area contributed by atoms with Crippen LogP contribution in [-0.4, -0.2) is 25.8 Å². The van der Waals surface area contributed by atoms with E-state index in [0.717, 1.165) is 19.4 Å². The molecule has 0 heterocycles. The predicted octanol–water partition coefficient (Wildman–Crippen LogP) is 2.05. The van der Waals surface area contributed by atoms with Gasteiger partial charge in [-0.2, -0.15) is 0 Å². The molecule has 0 amide bonds. The van der Waals surface area contributed by atoms with Crippen molar-refractivity contribution >= 4 is 0 Å². The van der Waals surface area contributed by atoms with E-state index < -0.39 is 0 Å². The van der Waals surface area contributed by atoms with E-state index >= 15 is 0 Å². The van der Waals surface area contributed by atoms with Gasteiger partial charge in [-0.3, -0.25) is 0 Å². The average Bonchev–Trinajstić information content (AvgIpc) is 2.14. The largest absolute Gasteiger partial charge is 0.380 e. The van der Waals surface area contributed by atoms with Crippen LogP contribution in [0.5, 0.6) is 0 Å². The highest BCUT2D eigenvalue weighted by atomic mass is 16.5. The van der Waals surface area contributed by atoms with Crippen LogP contribution in [0.2, 0.25) is 0 Å². The van der Waals surface area contributed by atoms with Crippen LogP contribution >= 0.6 is 0 Å². The van der Waals surface area contributed by atoms with E-state index in [0.29, 0.717) is 5.92 Å². The van der Waals surface area contributed by atoms with Crippen LogP contribution in [0, 0.1) is 18.3 Å². The zero-order valence-electron chi connectivity index (χ0n) is 9.84. The monoisotopic (exact) mass is 197 g/mol. The number of hydrogen-bond donors (Lipinski definition) is 1. The SMILES string of the molecule is C#CCC(NCCC)C(OC)C(C)C. The van der Waals surface area contributed by atoms with Crippen molar-refractivity contribution in [1.82, 2.24) is 5.32 Å². The fourth-order valence-electron chi connectivity index (χ4n) is 1.66. The van der Waals surface area contributed by atoms with Crippen LogP contribution in [0.15, 0.2) is 0 Å². The third-order valence-electron chi connectivity index (χ3n) is 2.32. The molecular formula is C12H23NO. The lowest BCUT2D eigenvalue weighted by atomic mass is 9.97. The smallest absolute Gasteiger partial charge is 0.0756 e. The highest BCUT2D eigenvalue weighted by Gasteiger charge is 2.22. The minimum atomic E-state index is 0.206. The van der Waals surface area contributed by atoms with Crippen LogP contribution in [0.25, 0.3) is 0 Å². The van der Waals surface area contributed by atoms with Crippen LogP contribution in [-0.2, 0) is 4.74 Å². The molecule has 0 aliphatic carbocycles. The third-order valence-corrected chi connectivity index (χ3v) is 2.32. The van der Waals surface area contributed by atoms with E-state index in [9.17, 15) is 0 Å². The molecule has 0 saturated heterocycles. The Kier molecular flexibility index (Phi) is 7.55. The van der Waals surface area contributed by atoms with Crippen LogP contribution in [0.3, 0.4) is 0 Å². The second-order valence-corrected chi connectivity index (χ2v) is 3.91. The minimum absolute atomic E-state index is 0.206. The predicted molar refractivity (Wildman–Crippen MR) is 61.2 cm³/mol. The van der Waals surface area contributed by atoms with Gasteiger partial charge >= 0.3 is 0 Å². The second-order valence-electron chi connectivity index (χ2n) is 3.91. The first kappa shape index (κ1) is 13.5. The van der Waals surface area contributed by atoms with Crippen molar-refractivity contribution in [2.75, 3.05) is 13.7 Å². The Balaban J connectivity index is 4.21. The number of ether oxygens (including phenoxy) is 1. The summed E-state index contributed by atoms with van der Waals surface area (Å²) in [4.78, 5) is 0. The van der Waals surface area contributed by atoms with Crippen molar-refractivity contribution in [3.8, 4) is 12.3 Å². The summed E-state index contributed by atoms with van der Waals surface area (Å²) in [7, 11) is 1.75. The molecule has 2 heteroatoms. The molecule has 0 aromatic carbocycles. The van der Waals surface area contributed by atoms with Gasteiger partial charge in [0.1, 0.15) is 0 Å². The van der Waals surface area contributed by atoms with Crippen molar-refractivity contribution in [2.45, 2.75) is 45.8 Å². The summed E-state index contributed by atoms with van der Waals surface area (Å²) in [5.74, 6) is 3.19. The van der Waals surface area contributed by atoms with Gasteiger partial charge in [-0.05, 0) is 18.9 Å². The molecule has 82 valence electrons. The third kappa shape index (κ3) is 4.64. The maximum absolute atomic E-state index is 5.47. The van der Waals surface area contributed by atoms with Gasteiger partial charge in [0.15, 0.2) is 0 Å². The van der Waals surface area contributed by atoms with Gasteiger partial charge in [-0.1, -0.05) is 20.8 Å². The molecule has 0 rings (SSSR count). The van der Waals surface area contributed by atoms with Gasteiger partial charge in [0.25, 0.3) is 0 Å². The summed E-state index contributed by atoms with van der Waals surface area (Å²) in [6.45, 7) is 7.46. The summed E-state index contributed by atoms with van der Waals surface area (Å²) < 4.78 is 5.47. The molecule has 2 unspecified atom stereocenters. The zero-order valence-corrected chi connectivity index (χ0v) is 9.84. The van der Waals surface area contributed by atoms with Gasteiger partial charge in [-0.25, -0.2) is 0 Å². The average molecular weight is 197 g/mol. The molecule has 0 aliphatic heterocycles. The molecule has 0 aliphatic rings. The Bertz CT molecular complexity index is 172. The maximum atomic E-state index is 5.47. The Morgan fingerprint density at radius 2 is 2.07 bits per heavy atom. The molecule has 0 saturated carbocycles. The van der Waals surface area contributed by atoms with Crippen molar-refractivity contribution in [3.63, 3.8) is 0 Å². The lowest BCUT2D eigenvalue weighted by Gasteiger charge is -2.28. The van der Waals surface area contributed by atoms with Gasteiger partial charge in [0.2, 0.25) is 0 Å². The van der Waals surface area contributed by atoms with Crippen molar-refractivity contribution in [3.05, 3.63) is 0 Å². The molecule has 0 spiro atoms. The molecule has 2 atom stereocenters. The summed E-state index contributed by atoms with van der Waals surface area (Å²) in [5, 5.41) is 3.44. The fourth-order valence-corrected chi connectivity index (χ4v) is 1.66. The minimum Gasteiger partial charge on any atom is -0.380 e. The van der Waals surface area contributed by atoms with Crippen molar-refractivity contribution < 1.29 is 4.74 Å². The van der Waals surface area contributed by atoms with Crippen molar-refractivity contribution in [1.29, 1.82) is 0 Å². The lowest BCUT2D eigenvalue weighted by molar-refractivity contribution is 0.0346. The van der Waals surface area contributed by atoms with E-state index in [-0.39, 0.29) is 12.1 Å². The number of methoxy groups -OCH3 is 1. The summed E-state index contributed by atoms with van der Waals surface area (Å²) in [6, 6.07) is 0.282. The summed E-state index contributed by atoms with van der Waals surface area (Å²) in [5.41, 5.74) is 0. The Hall–Kier alpha value is -0.520. The van der Waals surface area contributed by atoms with Crippen LogP contribution in [0.1, 0.15) is 33.6 Å². The number of rotatable bonds is 7. The van der Waals surface area contributed by atoms with Crippen molar-refractivity contribution in [2.24, 2.45) is 5.92 Å². The van der Waals surface area contributed by atoms with E-state index in [2.05, 4.69) is 32.0 Å². The maximum Gasteiger partial charge on any atom is 0.0756 e. The highest BCUT2D eigenvalue weighted by Crippen LogP contribution is 2.12. The quantitative estimate of drug-likeness (QED) is 0.631. The molecule has 0 aromatic rings. The molecule has 2 nitrogen and oxygen atoms in total. The van der Waals surface area contributed by atoms with E-state index in [1.165, 1.54) is 0 Å². The van der Waals surface area contributed by atoms with E-state index in [4.69, 9.17) is 11.2 Å². The molecule has 1 N–H and O–H groups in total. The lowest BCUT2D eigenvalue weighted by Crippen LogP contribution is -2.43. The Morgan fingerprint density at radius 1 is 1.43 bits per heavy atom. The number of nitrogens with one attached hydrogen (secondary N) is 1. The van der Waals surface area contributed by atoms with E-state index in [1.807, 2.05) is 0 Å². The van der Waals surface area contributed by atoms with Crippen LogP contribution < -0.4 is 5.32 Å². The molecular weight excluding hydrogens is 174 g/mol. The highest BCUT2D eigenvalue weighted by molar-refractivity contribution is 4.93. The molecule has 0 radical (unpaired) electrons. The molecule has 0 bridgehead atoms. The topological polar surface area (TPSA) is 21.3 Å². The second kappa shape index (κ2) is 7.84. The summed E-state index contributed by atoms with van der Waals surface area (Å²) >= 11 is 0. The molecule has 0 aromatic heterocycles. The zero-order chi connectivity index (χ0) is 11.0. The Labute approximate surface area is 88.4 Å². The first-order valence-electron chi connectivity index (χ1n) is 5.37. The molecule has 0 fully saturated rings. The normalized spacial score (nSPS) is 15.1. The van der Waals surface area contributed by atoms with E-state index in [1.54, 1.807) is 7.11 Å². The van der Waals surface area contributed by atoms with Gasteiger partial charge in [0, 0.05) is 19.6 Å². The number of hydrogen-bond acceptors (Lipinski definition) is 2.